The second-order valence-electron chi connectivity index (χ2n) is 7.76. The van der Waals surface area contributed by atoms with E-state index in [9.17, 15) is 9.59 Å². The van der Waals surface area contributed by atoms with Crippen LogP contribution in [0.1, 0.15) is 51.0 Å². The number of imide groups is 1. The Hall–Kier alpha value is -1.95. The quantitative estimate of drug-likeness (QED) is 0.835. The molecule has 0 radical (unpaired) electrons. The van der Waals surface area contributed by atoms with E-state index in [1.165, 1.54) is 4.90 Å². The van der Waals surface area contributed by atoms with Crippen molar-refractivity contribution < 1.29 is 9.59 Å². The minimum atomic E-state index is -0.665. The molecule has 1 aromatic rings. The molecule has 0 bridgehead atoms. The van der Waals surface area contributed by atoms with Crippen molar-refractivity contribution in [1.29, 1.82) is 0 Å². The summed E-state index contributed by atoms with van der Waals surface area (Å²) in [6.07, 6.45) is 9.76. The third-order valence-corrected chi connectivity index (χ3v) is 6.02. The maximum Gasteiger partial charge on any atom is 0.326 e. The molecule has 1 aromatic heterocycles. The Kier molecular flexibility index (Phi) is 4.23. The molecule has 2 aliphatic carbocycles. The third kappa shape index (κ3) is 3.03. The second kappa shape index (κ2) is 6.41. The van der Waals surface area contributed by atoms with E-state index in [-0.39, 0.29) is 17.9 Å². The van der Waals surface area contributed by atoms with Crippen molar-refractivity contribution in [2.24, 2.45) is 5.92 Å². The fourth-order valence-corrected chi connectivity index (χ4v) is 4.26. The number of pyridine rings is 1. The van der Waals surface area contributed by atoms with Crippen LogP contribution in [0.15, 0.2) is 24.5 Å². The second-order valence-corrected chi connectivity index (χ2v) is 7.76. The average molecular weight is 342 g/mol. The number of urea groups is 1. The highest BCUT2D eigenvalue weighted by Crippen LogP contribution is 2.39. The van der Waals surface area contributed by atoms with Gasteiger partial charge in [0, 0.05) is 25.0 Å². The highest BCUT2D eigenvalue weighted by Gasteiger charge is 2.55. The molecule has 1 saturated heterocycles. The molecule has 4 rings (SSSR count). The Labute approximate surface area is 148 Å². The van der Waals surface area contributed by atoms with Crippen molar-refractivity contribution in [2.45, 2.75) is 63.6 Å². The van der Waals surface area contributed by atoms with Crippen LogP contribution in [0, 0.1) is 5.92 Å². The number of carbonyl (C=O) groups is 2. The first-order valence-electron chi connectivity index (χ1n) is 9.37. The molecule has 3 fully saturated rings. The molecule has 6 heteroatoms. The van der Waals surface area contributed by atoms with Gasteiger partial charge in [-0.1, -0.05) is 19.8 Å². The van der Waals surface area contributed by atoms with Crippen molar-refractivity contribution >= 4 is 11.9 Å². The van der Waals surface area contributed by atoms with Crippen LogP contribution in [0.3, 0.4) is 0 Å². The summed E-state index contributed by atoms with van der Waals surface area (Å²) < 4.78 is 0. The summed E-state index contributed by atoms with van der Waals surface area (Å²) in [4.78, 5) is 33.5. The summed E-state index contributed by atoms with van der Waals surface area (Å²) in [6, 6.07) is 4.23. The number of carbonyl (C=O) groups excluding carboxylic acids is 2. The third-order valence-electron chi connectivity index (χ3n) is 6.02. The minimum Gasteiger partial charge on any atom is -0.323 e. The average Bonchev–Trinajstić information content (AvgIpc) is 3.42. The molecule has 1 spiro atoms. The lowest BCUT2D eigenvalue weighted by molar-refractivity contribution is -0.135. The van der Waals surface area contributed by atoms with E-state index in [0.29, 0.717) is 12.7 Å². The van der Waals surface area contributed by atoms with Gasteiger partial charge in [-0.05, 0) is 49.3 Å². The Morgan fingerprint density at radius 1 is 1.24 bits per heavy atom. The SMILES string of the molecule is CC1CCCCC12NC(=O)N(CN(Cc1ccncc1)C1CC1)C2=O. The summed E-state index contributed by atoms with van der Waals surface area (Å²) in [5, 5.41) is 3.05. The largest absolute Gasteiger partial charge is 0.326 e. The smallest absolute Gasteiger partial charge is 0.323 e. The van der Waals surface area contributed by atoms with Gasteiger partial charge in [0.1, 0.15) is 5.54 Å². The Morgan fingerprint density at radius 2 is 2.00 bits per heavy atom. The van der Waals surface area contributed by atoms with E-state index in [1.807, 2.05) is 12.1 Å². The maximum absolute atomic E-state index is 13.1. The summed E-state index contributed by atoms with van der Waals surface area (Å²) >= 11 is 0. The van der Waals surface area contributed by atoms with Gasteiger partial charge in [-0.3, -0.25) is 14.7 Å². The van der Waals surface area contributed by atoms with Crippen molar-refractivity contribution in [3.05, 3.63) is 30.1 Å². The number of rotatable bonds is 5. The molecule has 2 heterocycles. The molecule has 1 aliphatic heterocycles. The molecular weight excluding hydrogens is 316 g/mol. The Bertz CT molecular complexity index is 661. The first-order chi connectivity index (χ1) is 12.1. The van der Waals surface area contributed by atoms with Crippen LogP contribution >= 0.6 is 0 Å². The predicted octanol–water partition coefficient (Wildman–Crippen LogP) is 2.50. The van der Waals surface area contributed by atoms with Crippen LogP contribution in [0.2, 0.25) is 0 Å². The zero-order valence-corrected chi connectivity index (χ0v) is 14.8. The molecule has 6 nitrogen and oxygen atoms in total. The Balaban J connectivity index is 1.50. The summed E-state index contributed by atoms with van der Waals surface area (Å²) in [6.45, 7) is 3.22. The lowest BCUT2D eigenvalue weighted by Gasteiger charge is -2.37. The topological polar surface area (TPSA) is 65.5 Å². The fourth-order valence-electron chi connectivity index (χ4n) is 4.26. The molecule has 134 valence electrons. The predicted molar refractivity (Wildman–Crippen MR) is 93.4 cm³/mol. The van der Waals surface area contributed by atoms with Crippen molar-refractivity contribution in [2.75, 3.05) is 6.67 Å². The first kappa shape index (κ1) is 16.5. The van der Waals surface area contributed by atoms with Crippen LogP contribution in [0.4, 0.5) is 4.79 Å². The number of nitrogens with one attached hydrogen (secondary N) is 1. The monoisotopic (exact) mass is 342 g/mol. The van der Waals surface area contributed by atoms with Gasteiger partial charge in [0.25, 0.3) is 5.91 Å². The van der Waals surface area contributed by atoms with E-state index in [4.69, 9.17) is 0 Å². The van der Waals surface area contributed by atoms with Gasteiger partial charge in [-0.2, -0.15) is 0 Å². The van der Waals surface area contributed by atoms with E-state index in [1.54, 1.807) is 12.4 Å². The summed E-state index contributed by atoms with van der Waals surface area (Å²) in [5.74, 6) is 0.183. The van der Waals surface area contributed by atoms with Crippen molar-refractivity contribution in [3.63, 3.8) is 0 Å². The van der Waals surface area contributed by atoms with Gasteiger partial charge in [0.05, 0.1) is 6.67 Å². The molecule has 2 unspecified atom stereocenters. The van der Waals surface area contributed by atoms with Gasteiger partial charge in [0.15, 0.2) is 0 Å². The van der Waals surface area contributed by atoms with E-state index >= 15 is 0 Å². The van der Waals surface area contributed by atoms with E-state index in [2.05, 4.69) is 22.1 Å². The summed E-state index contributed by atoms with van der Waals surface area (Å²) in [7, 11) is 0. The van der Waals surface area contributed by atoms with Gasteiger partial charge in [0.2, 0.25) is 0 Å². The van der Waals surface area contributed by atoms with Gasteiger partial charge < -0.3 is 5.32 Å². The molecule has 3 amide bonds. The van der Waals surface area contributed by atoms with Crippen LogP contribution in [-0.2, 0) is 11.3 Å². The van der Waals surface area contributed by atoms with Gasteiger partial charge in [-0.15, -0.1) is 0 Å². The molecular formula is C19H26N4O2. The number of amides is 3. The van der Waals surface area contributed by atoms with Crippen LogP contribution in [0.25, 0.3) is 0 Å². The Morgan fingerprint density at radius 3 is 2.68 bits per heavy atom. The normalized spacial score (nSPS) is 29.5. The lowest BCUT2D eigenvalue weighted by atomic mass is 9.73. The standard InChI is InChI=1S/C19H26N4O2/c1-14-4-2-3-9-19(14)17(24)23(18(25)21-19)13-22(16-5-6-16)12-15-7-10-20-11-8-15/h7-8,10-11,14,16H,2-6,9,12-13H2,1H3,(H,21,25). The minimum absolute atomic E-state index is 0.0231. The van der Waals surface area contributed by atoms with Crippen LogP contribution < -0.4 is 5.32 Å². The number of aromatic nitrogens is 1. The zero-order chi connectivity index (χ0) is 17.4. The maximum atomic E-state index is 13.1. The molecule has 3 aliphatic rings. The number of hydrogen-bond acceptors (Lipinski definition) is 4. The van der Waals surface area contributed by atoms with Gasteiger partial charge >= 0.3 is 6.03 Å². The van der Waals surface area contributed by atoms with E-state index in [0.717, 1.165) is 50.6 Å². The molecule has 0 aromatic carbocycles. The van der Waals surface area contributed by atoms with Crippen LogP contribution in [-0.4, -0.2) is 45.0 Å². The van der Waals surface area contributed by atoms with Crippen molar-refractivity contribution in [3.8, 4) is 0 Å². The molecule has 2 saturated carbocycles. The zero-order valence-electron chi connectivity index (χ0n) is 14.8. The van der Waals surface area contributed by atoms with E-state index < -0.39 is 5.54 Å². The molecule has 2 atom stereocenters. The van der Waals surface area contributed by atoms with Gasteiger partial charge in [-0.25, -0.2) is 9.69 Å². The molecule has 1 N–H and O–H groups in total. The first-order valence-corrected chi connectivity index (χ1v) is 9.37. The van der Waals surface area contributed by atoms with Crippen LogP contribution in [0.5, 0.6) is 0 Å². The van der Waals surface area contributed by atoms with Crippen molar-refractivity contribution in [1.82, 2.24) is 20.1 Å². The lowest BCUT2D eigenvalue weighted by Crippen LogP contribution is -2.54. The number of hydrogen-bond donors (Lipinski definition) is 1. The number of nitrogens with zero attached hydrogens (tertiary/aromatic N) is 3. The fraction of sp³-hybridized carbons (Fsp3) is 0.632. The highest BCUT2D eigenvalue weighted by molar-refractivity contribution is 6.07. The highest BCUT2D eigenvalue weighted by atomic mass is 16.2. The molecule has 25 heavy (non-hydrogen) atoms. The summed E-state index contributed by atoms with van der Waals surface area (Å²) in [5.41, 5.74) is 0.496.